The van der Waals surface area contributed by atoms with Gasteiger partial charge in [0.05, 0.1) is 13.7 Å². The van der Waals surface area contributed by atoms with Gasteiger partial charge in [-0.2, -0.15) is 0 Å². The van der Waals surface area contributed by atoms with E-state index in [0.717, 1.165) is 11.3 Å². The number of fused-ring (bicyclic) bond motifs is 1. The summed E-state index contributed by atoms with van der Waals surface area (Å²) >= 11 is 0. The Hall–Kier alpha value is -1.55. The molecule has 2 heterocycles. The SMILES string of the molecule is COc1ccc(CO)n2ccnc12. The molecule has 0 radical (unpaired) electrons. The number of methoxy groups -OCH3 is 1. The third-order valence-electron chi connectivity index (χ3n) is 1.98. The Morgan fingerprint density at radius 3 is 3.08 bits per heavy atom. The van der Waals surface area contributed by atoms with Crippen LogP contribution in [0.5, 0.6) is 5.75 Å². The fourth-order valence-electron chi connectivity index (χ4n) is 1.33. The van der Waals surface area contributed by atoms with Gasteiger partial charge in [0.25, 0.3) is 0 Å². The van der Waals surface area contributed by atoms with Crippen LogP contribution in [0.1, 0.15) is 5.69 Å². The normalized spacial score (nSPS) is 10.6. The summed E-state index contributed by atoms with van der Waals surface area (Å²) in [6.45, 7) is -0.00312. The van der Waals surface area contributed by atoms with Gasteiger partial charge >= 0.3 is 0 Å². The van der Waals surface area contributed by atoms with Crippen LogP contribution in [0.2, 0.25) is 0 Å². The van der Waals surface area contributed by atoms with Crippen LogP contribution in [0.3, 0.4) is 0 Å². The van der Waals surface area contributed by atoms with Crippen molar-refractivity contribution in [2.24, 2.45) is 0 Å². The molecule has 0 spiro atoms. The van der Waals surface area contributed by atoms with Crippen molar-refractivity contribution in [2.45, 2.75) is 6.61 Å². The van der Waals surface area contributed by atoms with Crippen LogP contribution in [0.4, 0.5) is 0 Å². The third kappa shape index (κ3) is 1.15. The number of rotatable bonds is 2. The summed E-state index contributed by atoms with van der Waals surface area (Å²) in [7, 11) is 1.60. The molecule has 0 saturated heterocycles. The second-order valence-corrected chi connectivity index (χ2v) is 2.67. The van der Waals surface area contributed by atoms with Gasteiger partial charge < -0.3 is 9.84 Å². The second-order valence-electron chi connectivity index (χ2n) is 2.67. The number of aliphatic hydroxyl groups is 1. The second kappa shape index (κ2) is 3.06. The zero-order valence-corrected chi connectivity index (χ0v) is 7.27. The first-order valence-electron chi connectivity index (χ1n) is 3.96. The lowest BCUT2D eigenvalue weighted by Gasteiger charge is -2.05. The Balaban J connectivity index is 2.74. The number of pyridine rings is 1. The van der Waals surface area contributed by atoms with Crippen molar-refractivity contribution in [2.75, 3.05) is 7.11 Å². The number of hydrogen-bond acceptors (Lipinski definition) is 3. The summed E-state index contributed by atoms with van der Waals surface area (Å²) in [5.41, 5.74) is 1.53. The van der Waals surface area contributed by atoms with Gasteiger partial charge in [0.1, 0.15) is 0 Å². The Morgan fingerprint density at radius 2 is 2.38 bits per heavy atom. The van der Waals surface area contributed by atoms with E-state index in [0.29, 0.717) is 5.75 Å². The Labute approximate surface area is 75.4 Å². The van der Waals surface area contributed by atoms with E-state index in [-0.39, 0.29) is 6.61 Å². The molecule has 68 valence electrons. The third-order valence-corrected chi connectivity index (χ3v) is 1.98. The van der Waals surface area contributed by atoms with Crippen molar-refractivity contribution in [3.63, 3.8) is 0 Å². The summed E-state index contributed by atoms with van der Waals surface area (Å²) < 4.78 is 6.92. The zero-order valence-electron chi connectivity index (χ0n) is 7.27. The van der Waals surface area contributed by atoms with Gasteiger partial charge in [0.15, 0.2) is 11.4 Å². The predicted octanol–water partition coefficient (Wildman–Crippen LogP) is 0.835. The maximum absolute atomic E-state index is 9.03. The van der Waals surface area contributed by atoms with Crippen molar-refractivity contribution in [1.82, 2.24) is 9.38 Å². The molecule has 0 atom stereocenters. The highest BCUT2D eigenvalue weighted by molar-refractivity contribution is 5.54. The highest BCUT2D eigenvalue weighted by atomic mass is 16.5. The molecule has 0 amide bonds. The molecule has 2 rings (SSSR count). The molecule has 4 heteroatoms. The van der Waals surface area contributed by atoms with E-state index in [4.69, 9.17) is 9.84 Å². The predicted molar refractivity (Wildman–Crippen MR) is 47.7 cm³/mol. The van der Waals surface area contributed by atoms with Crippen molar-refractivity contribution < 1.29 is 9.84 Å². The summed E-state index contributed by atoms with van der Waals surface area (Å²) in [5, 5.41) is 9.03. The lowest BCUT2D eigenvalue weighted by atomic mass is 10.3. The molecule has 2 aromatic heterocycles. The first-order chi connectivity index (χ1) is 6.36. The summed E-state index contributed by atoms with van der Waals surface area (Å²) in [5.74, 6) is 0.710. The van der Waals surface area contributed by atoms with Crippen LogP contribution in [0.15, 0.2) is 24.5 Å². The van der Waals surface area contributed by atoms with Gasteiger partial charge in [-0.15, -0.1) is 0 Å². The monoisotopic (exact) mass is 178 g/mol. The lowest BCUT2D eigenvalue weighted by Crippen LogP contribution is -1.97. The smallest absolute Gasteiger partial charge is 0.179 e. The van der Waals surface area contributed by atoms with Gasteiger partial charge in [-0.3, -0.25) is 4.40 Å². The molecule has 1 N–H and O–H groups in total. The topological polar surface area (TPSA) is 46.8 Å². The molecule has 0 aliphatic heterocycles. The zero-order chi connectivity index (χ0) is 9.26. The lowest BCUT2D eigenvalue weighted by molar-refractivity contribution is 0.275. The number of nitrogens with zero attached hydrogens (tertiary/aromatic N) is 2. The van der Waals surface area contributed by atoms with E-state index in [2.05, 4.69) is 4.98 Å². The molecular weight excluding hydrogens is 168 g/mol. The van der Waals surface area contributed by atoms with Crippen LogP contribution in [-0.2, 0) is 6.61 Å². The fourth-order valence-corrected chi connectivity index (χ4v) is 1.33. The Bertz CT molecular complexity index is 384. The minimum Gasteiger partial charge on any atom is -0.493 e. The highest BCUT2D eigenvalue weighted by Gasteiger charge is 2.05. The highest BCUT2D eigenvalue weighted by Crippen LogP contribution is 2.19. The van der Waals surface area contributed by atoms with Crippen LogP contribution >= 0.6 is 0 Å². The largest absolute Gasteiger partial charge is 0.493 e. The van der Waals surface area contributed by atoms with Gasteiger partial charge in [-0.05, 0) is 12.1 Å². The summed E-state index contributed by atoms with van der Waals surface area (Å²) in [4.78, 5) is 4.12. The van der Waals surface area contributed by atoms with E-state index < -0.39 is 0 Å². The van der Waals surface area contributed by atoms with Gasteiger partial charge in [-0.25, -0.2) is 4.98 Å². The van der Waals surface area contributed by atoms with Crippen LogP contribution in [-0.4, -0.2) is 21.6 Å². The van der Waals surface area contributed by atoms with E-state index >= 15 is 0 Å². The molecule has 0 fully saturated rings. The summed E-state index contributed by atoms with van der Waals surface area (Å²) in [6, 6.07) is 3.61. The van der Waals surface area contributed by atoms with Crippen molar-refractivity contribution in [3.05, 3.63) is 30.2 Å². The van der Waals surface area contributed by atoms with Crippen LogP contribution in [0, 0.1) is 0 Å². The van der Waals surface area contributed by atoms with E-state index in [9.17, 15) is 0 Å². The molecule has 4 nitrogen and oxygen atoms in total. The fraction of sp³-hybridized carbons (Fsp3) is 0.222. The number of hydrogen-bond donors (Lipinski definition) is 1. The first kappa shape index (κ1) is 8.07. The number of ether oxygens (including phenoxy) is 1. The average Bonchev–Trinajstić information content (AvgIpc) is 2.64. The van der Waals surface area contributed by atoms with Crippen LogP contribution in [0.25, 0.3) is 5.65 Å². The van der Waals surface area contributed by atoms with Gasteiger partial charge in [0, 0.05) is 18.1 Å². The molecule has 0 unspecified atom stereocenters. The number of imidazole rings is 1. The number of aromatic nitrogens is 2. The van der Waals surface area contributed by atoms with E-state index in [1.54, 1.807) is 30.0 Å². The maximum atomic E-state index is 9.03. The Kier molecular flexibility index (Phi) is 1.90. The molecule has 0 aromatic carbocycles. The molecule has 0 saturated carbocycles. The molecule has 2 aromatic rings. The quantitative estimate of drug-likeness (QED) is 0.741. The molecule has 0 aliphatic carbocycles. The van der Waals surface area contributed by atoms with E-state index in [1.165, 1.54) is 0 Å². The van der Waals surface area contributed by atoms with Gasteiger partial charge in [0.2, 0.25) is 0 Å². The molecule has 13 heavy (non-hydrogen) atoms. The van der Waals surface area contributed by atoms with Crippen molar-refractivity contribution >= 4 is 5.65 Å². The maximum Gasteiger partial charge on any atom is 0.179 e. The Morgan fingerprint density at radius 1 is 1.54 bits per heavy atom. The van der Waals surface area contributed by atoms with E-state index in [1.807, 2.05) is 6.07 Å². The minimum absolute atomic E-state index is 0.00312. The molecule has 0 aliphatic rings. The minimum atomic E-state index is -0.00312. The van der Waals surface area contributed by atoms with Crippen molar-refractivity contribution in [3.8, 4) is 5.75 Å². The molecular formula is C9H10N2O2. The van der Waals surface area contributed by atoms with Gasteiger partial charge in [-0.1, -0.05) is 0 Å². The van der Waals surface area contributed by atoms with Crippen LogP contribution < -0.4 is 4.74 Å². The summed E-state index contributed by atoms with van der Waals surface area (Å²) in [6.07, 6.45) is 3.47. The first-order valence-corrected chi connectivity index (χ1v) is 3.96. The average molecular weight is 178 g/mol. The molecule has 0 bridgehead atoms. The van der Waals surface area contributed by atoms with Crippen molar-refractivity contribution in [1.29, 1.82) is 0 Å². The standard InChI is InChI=1S/C9H10N2O2/c1-13-8-3-2-7(6-12)11-5-4-10-9(8)11/h2-5,12H,6H2,1H3. The number of aliphatic hydroxyl groups excluding tert-OH is 1.